The molecule has 0 saturated heterocycles. The van der Waals surface area contributed by atoms with Crippen LogP contribution in [0, 0.1) is 13.8 Å². The van der Waals surface area contributed by atoms with Gasteiger partial charge in [0.25, 0.3) is 0 Å². The number of nitrogens with two attached hydrogens (primary N) is 1. The Morgan fingerprint density at radius 2 is 2.05 bits per heavy atom. The number of pyridine rings is 1. The fraction of sp³-hybridized carbons (Fsp3) is 0.286. The van der Waals surface area contributed by atoms with E-state index in [4.69, 9.17) is 5.84 Å². The third kappa shape index (κ3) is 2.58. The van der Waals surface area contributed by atoms with Crippen molar-refractivity contribution in [3.63, 3.8) is 0 Å². The molecule has 0 aliphatic rings. The molecule has 0 aliphatic heterocycles. The maximum Gasteiger partial charge on any atom is 0.193 e. The Morgan fingerprint density at radius 3 is 2.70 bits per heavy atom. The standard InChI is InChI=1S/C14H17N5S/c1-9-5-11(6-10(2)16-9)13(18-15)7-12-8-19-3-4-20-14(19)17-12/h3-6,8,13,18H,7,15H2,1-2H3. The Kier molecular flexibility index (Phi) is 3.52. The largest absolute Gasteiger partial charge is 0.297 e. The zero-order valence-electron chi connectivity index (χ0n) is 11.5. The predicted molar refractivity (Wildman–Crippen MR) is 80.5 cm³/mol. The summed E-state index contributed by atoms with van der Waals surface area (Å²) in [6, 6.07) is 4.17. The highest BCUT2D eigenvalue weighted by Gasteiger charge is 2.14. The Hall–Kier alpha value is -1.76. The summed E-state index contributed by atoms with van der Waals surface area (Å²) in [5.41, 5.74) is 7.08. The summed E-state index contributed by atoms with van der Waals surface area (Å²) in [5.74, 6) is 5.72. The van der Waals surface area contributed by atoms with E-state index in [0.29, 0.717) is 0 Å². The van der Waals surface area contributed by atoms with Crippen molar-refractivity contribution in [3.8, 4) is 0 Å². The van der Waals surface area contributed by atoms with Crippen molar-refractivity contribution < 1.29 is 0 Å². The number of fused-ring (bicyclic) bond motifs is 1. The van der Waals surface area contributed by atoms with Gasteiger partial charge in [-0.2, -0.15) is 0 Å². The van der Waals surface area contributed by atoms with Crippen molar-refractivity contribution >= 4 is 16.3 Å². The Balaban J connectivity index is 1.87. The molecule has 0 spiro atoms. The number of imidazole rings is 1. The molecular formula is C14H17N5S. The summed E-state index contributed by atoms with van der Waals surface area (Å²) >= 11 is 1.63. The van der Waals surface area contributed by atoms with Gasteiger partial charge in [0.1, 0.15) is 0 Å². The number of hydrogen-bond acceptors (Lipinski definition) is 5. The number of aryl methyl sites for hydroxylation is 2. The van der Waals surface area contributed by atoms with Crippen LogP contribution in [0.3, 0.4) is 0 Å². The smallest absolute Gasteiger partial charge is 0.193 e. The fourth-order valence-corrected chi connectivity index (χ4v) is 3.14. The minimum Gasteiger partial charge on any atom is -0.297 e. The van der Waals surface area contributed by atoms with Crippen LogP contribution < -0.4 is 11.3 Å². The molecule has 0 bridgehead atoms. The number of aromatic nitrogens is 3. The van der Waals surface area contributed by atoms with Crippen molar-refractivity contribution in [1.29, 1.82) is 0 Å². The molecule has 6 heteroatoms. The lowest BCUT2D eigenvalue weighted by molar-refractivity contribution is 0.545. The van der Waals surface area contributed by atoms with Crippen molar-refractivity contribution in [3.05, 3.63) is 52.6 Å². The van der Waals surface area contributed by atoms with E-state index in [1.54, 1.807) is 11.3 Å². The minimum absolute atomic E-state index is 0.0417. The highest BCUT2D eigenvalue weighted by molar-refractivity contribution is 7.15. The SMILES string of the molecule is Cc1cc(C(Cc2cn3ccsc3n2)NN)cc(C)n1. The van der Waals surface area contributed by atoms with Gasteiger partial charge in [0, 0.05) is 35.6 Å². The molecular weight excluding hydrogens is 270 g/mol. The second-order valence-electron chi connectivity index (χ2n) is 4.93. The monoisotopic (exact) mass is 287 g/mol. The summed E-state index contributed by atoms with van der Waals surface area (Å²) < 4.78 is 2.04. The van der Waals surface area contributed by atoms with E-state index < -0.39 is 0 Å². The van der Waals surface area contributed by atoms with E-state index in [1.165, 1.54) is 0 Å². The molecule has 3 heterocycles. The molecule has 104 valence electrons. The van der Waals surface area contributed by atoms with Crippen LogP contribution in [0.4, 0.5) is 0 Å². The van der Waals surface area contributed by atoms with E-state index in [9.17, 15) is 0 Å². The van der Waals surface area contributed by atoms with Crippen LogP contribution in [-0.2, 0) is 6.42 Å². The lowest BCUT2D eigenvalue weighted by Gasteiger charge is -2.16. The van der Waals surface area contributed by atoms with Gasteiger partial charge in [-0.3, -0.25) is 20.7 Å². The van der Waals surface area contributed by atoms with E-state index in [-0.39, 0.29) is 6.04 Å². The summed E-state index contributed by atoms with van der Waals surface area (Å²) in [4.78, 5) is 10.0. The van der Waals surface area contributed by atoms with E-state index >= 15 is 0 Å². The molecule has 3 rings (SSSR count). The first-order valence-electron chi connectivity index (χ1n) is 6.48. The molecule has 1 atom stereocenters. The molecule has 0 aromatic carbocycles. The van der Waals surface area contributed by atoms with Crippen molar-refractivity contribution in [1.82, 2.24) is 19.8 Å². The minimum atomic E-state index is 0.0417. The molecule has 3 aromatic rings. The van der Waals surface area contributed by atoms with E-state index in [1.807, 2.05) is 29.8 Å². The first-order chi connectivity index (χ1) is 9.65. The average molecular weight is 287 g/mol. The number of nitrogens with zero attached hydrogens (tertiary/aromatic N) is 3. The van der Waals surface area contributed by atoms with Gasteiger partial charge in [0.05, 0.1) is 11.7 Å². The number of hydrogen-bond donors (Lipinski definition) is 2. The van der Waals surface area contributed by atoms with E-state index in [2.05, 4.69) is 33.7 Å². The van der Waals surface area contributed by atoms with Crippen molar-refractivity contribution in [2.75, 3.05) is 0 Å². The first kappa shape index (κ1) is 13.2. The van der Waals surface area contributed by atoms with Gasteiger partial charge in [-0.15, -0.1) is 11.3 Å². The third-order valence-corrected chi connectivity index (χ3v) is 4.03. The van der Waals surface area contributed by atoms with Crippen LogP contribution in [0.5, 0.6) is 0 Å². The molecule has 3 aromatic heterocycles. The van der Waals surface area contributed by atoms with E-state index in [0.717, 1.165) is 34.0 Å². The van der Waals surface area contributed by atoms with Gasteiger partial charge in [0.15, 0.2) is 4.96 Å². The normalized spacial score (nSPS) is 12.9. The second-order valence-corrected chi connectivity index (χ2v) is 5.80. The van der Waals surface area contributed by atoms with Crippen LogP contribution in [0.1, 0.15) is 28.7 Å². The first-order valence-corrected chi connectivity index (χ1v) is 7.36. The van der Waals surface area contributed by atoms with Gasteiger partial charge in [-0.1, -0.05) is 0 Å². The summed E-state index contributed by atoms with van der Waals surface area (Å²) in [7, 11) is 0. The van der Waals surface area contributed by atoms with Gasteiger partial charge in [-0.05, 0) is 31.5 Å². The second kappa shape index (κ2) is 5.32. The summed E-state index contributed by atoms with van der Waals surface area (Å²) in [6.07, 6.45) is 4.83. The molecule has 20 heavy (non-hydrogen) atoms. The maximum atomic E-state index is 5.72. The molecule has 3 N–H and O–H groups in total. The van der Waals surface area contributed by atoms with Gasteiger partial charge in [-0.25, -0.2) is 4.98 Å². The highest BCUT2D eigenvalue weighted by atomic mass is 32.1. The zero-order valence-corrected chi connectivity index (χ0v) is 12.3. The lowest BCUT2D eigenvalue weighted by Crippen LogP contribution is -2.29. The lowest BCUT2D eigenvalue weighted by atomic mass is 10.0. The van der Waals surface area contributed by atoms with Crippen LogP contribution in [0.15, 0.2) is 29.9 Å². The number of nitrogens with one attached hydrogen (secondary N) is 1. The molecule has 0 radical (unpaired) electrons. The predicted octanol–water partition coefficient (Wildman–Crippen LogP) is 2.15. The van der Waals surface area contributed by atoms with Gasteiger partial charge in [0.2, 0.25) is 0 Å². The topological polar surface area (TPSA) is 68.2 Å². The van der Waals surface area contributed by atoms with Crippen LogP contribution >= 0.6 is 11.3 Å². The molecule has 5 nitrogen and oxygen atoms in total. The molecule has 0 fully saturated rings. The Morgan fingerprint density at radius 1 is 1.30 bits per heavy atom. The van der Waals surface area contributed by atoms with Crippen LogP contribution in [-0.4, -0.2) is 14.4 Å². The molecule has 1 unspecified atom stereocenters. The van der Waals surface area contributed by atoms with Crippen molar-refractivity contribution in [2.45, 2.75) is 26.3 Å². The third-order valence-electron chi connectivity index (χ3n) is 3.26. The number of thiazole rings is 1. The Labute approximate surface area is 121 Å². The number of rotatable bonds is 4. The van der Waals surface area contributed by atoms with Gasteiger partial charge >= 0.3 is 0 Å². The Bertz CT molecular complexity index is 681. The zero-order chi connectivity index (χ0) is 14.1. The molecule has 0 saturated carbocycles. The van der Waals surface area contributed by atoms with Crippen molar-refractivity contribution in [2.24, 2.45) is 5.84 Å². The van der Waals surface area contributed by atoms with Crippen LogP contribution in [0.2, 0.25) is 0 Å². The quantitative estimate of drug-likeness (QED) is 0.570. The van der Waals surface area contributed by atoms with Crippen LogP contribution in [0.25, 0.3) is 4.96 Å². The van der Waals surface area contributed by atoms with Gasteiger partial charge < -0.3 is 0 Å². The molecule has 0 amide bonds. The summed E-state index contributed by atoms with van der Waals surface area (Å²) in [5, 5.41) is 2.03. The average Bonchev–Trinajstić information content (AvgIpc) is 2.95. The number of hydrazine groups is 1. The molecule has 0 aliphatic carbocycles. The summed E-state index contributed by atoms with van der Waals surface area (Å²) in [6.45, 7) is 3.99. The fourth-order valence-electron chi connectivity index (χ4n) is 2.42. The maximum absolute atomic E-state index is 5.72. The highest BCUT2D eigenvalue weighted by Crippen LogP contribution is 2.20.